The highest BCUT2D eigenvalue weighted by molar-refractivity contribution is 6.36. The SMILES string of the molecule is COC(=O)C(O)c1c(C)nc(Cl)c(C)c1Cl. The van der Waals surface area contributed by atoms with Crippen molar-refractivity contribution in [3.8, 4) is 0 Å². The number of ether oxygens (including phenoxy) is 1. The largest absolute Gasteiger partial charge is 0.467 e. The number of aryl methyl sites for hydroxylation is 1. The second kappa shape index (κ2) is 4.99. The lowest BCUT2D eigenvalue weighted by atomic mass is 10.1. The number of methoxy groups -OCH3 is 1. The van der Waals surface area contributed by atoms with Crippen molar-refractivity contribution in [3.63, 3.8) is 0 Å². The van der Waals surface area contributed by atoms with Crippen LogP contribution in [0, 0.1) is 13.8 Å². The van der Waals surface area contributed by atoms with Crippen LogP contribution in [0.15, 0.2) is 0 Å². The number of carbonyl (C=O) groups is 1. The van der Waals surface area contributed by atoms with Crippen LogP contribution in [0.2, 0.25) is 10.2 Å². The third-order valence-electron chi connectivity index (χ3n) is 2.23. The average Bonchev–Trinajstić information content (AvgIpc) is 2.24. The topological polar surface area (TPSA) is 59.4 Å². The highest BCUT2D eigenvalue weighted by atomic mass is 35.5. The molecule has 6 heteroatoms. The molecule has 1 N–H and O–H groups in total. The van der Waals surface area contributed by atoms with Crippen molar-refractivity contribution >= 4 is 29.2 Å². The molecule has 0 aliphatic carbocycles. The Hall–Kier alpha value is -0.840. The number of aliphatic hydroxyl groups excluding tert-OH is 1. The lowest BCUT2D eigenvalue weighted by molar-refractivity contribution is -0.150. The number of pyridine rings is 1. The highest BCUT2D eigenvalue weighted by Gasteiger charge is 2.25. The van der Waals surface area contributed by atoms with Gasteiger partial charge in [0, 0.05) is 16.8 Å². The van der Waals surface area contributed by atoms with Gasteiger partial charge in [-0.2, -0.15) is 0 Å². The average molecular weight is 264 g/mol. The minimum Gasteiger partial charge on any atom is -0.467 e. The number of aromatic nitrogens is 1. The number of aliphatic hydroxyl groups is 1. The first-order valence-corrected chi connectivity index (χ1v) is 5.23. The summed E-state index contributed by atoms with van der Waals surface area (Å²) in [6.07, 6.45) is -1.44. The molecular formula is C10H11Cl2NO3. The van der Waals surface area contributed by atoms with Crippen LogP contribution in [-0.4, -0.2) is 23.2 Å². The first-order valence-electron chi connectivity index (χ1n) is 4.48. The van der Waals surface area contributed by atoms with E-state index in [1.165, 1.54) is 7.11 Å². The second-order valence-electron chi connectivity index (χ2n) is 3.27. The lowest BCUT2D eigenvalue weighted by Gasteiger charge is -2.15. The Bertz CT molecular complexity index is 435. The van der Waals surface area contributed by atoms with E-state index in [2.05, 4.69) is 9.72 Å². The van der Waals surface area contributed by atoms with E-state index >= 15 is 0 Å². The Morgan fingerprint density at radius 2 is 2.00 bits per heavy atom. The van der Waals surface area contributed by atoms with Crippen molar-refractivity contribution in [3.05, 3.63) is 27.0 Å². The minimum absolute atomic E-state index is 0.232. The zero-order valence-electron chi connectivity index (χ0n) is 9.04. The second-order valence-corrected chi connectivity index (χ2v) is 4.00. The summed E-state index contributed by atoms with van der Waals surface area (Å²) in [4.78, 5) is 15.2. The standard InChI is InChI=1S/C10H11Cl2NO3/c1-4-7(11)6(5(2)13-9(4)12)8(14)10(15)16-3/h8,14H,1-3H3. The number of hydrogen-bond donors (Lipinski definition) is 1. The van der Waals surface area contributed by atoms with E-state index in [0.29, 0.717) is 11.3 Å². The molecule has 0 fully saturated rings. The van der Waals surface area contributed by atoms with Crippen molar-refractivity contribution in [1.82, 2.24) is 4.98 Å². The summed E-state index contributed by atoms with van der Waals surface area (Å²) in [7, 11) is 1.19. The Balaban J connectivity index is 3.34. The van der Waals surface area contributed by atoms with Gasteiger partial charge < -0.3 is 9.84 Å². The van der Waals surface area contributed by atoms with Gasteiger partial charge in [-0.15, -0.1) is 0 Å². The summed E-state index contributed by atoms with van der Waals surface area (Å²) in [5.74, 6) is -0.784. The normalized spacial score (nSPS) is 12.4. The molecule has 0 saturated carbocycles. The maximum Gasteiger partial charge on any atom is 0.339 e. The molecule has 0 bridgehead atoms. The Morgan fingerprint density at radius 3 is 2.50 bits per heavy atom. The first kappa shape index (κ1) is 13.2. The van der Waals surface area contributed by atoms with E-state index in [-0.39, 0.29) is 15.7 Å². The summed E-state index contributed by atoms with van der Waals surface area (Å²) in [6, 6.07) is 0. The Kier molecular flexibility index (Phi) is 4.13. The van der Waals surface area contributed by atoms with Crippen LogP contribution < -0.4 is 0 Å². The summed E-state index contributed by atoms with van der Waals surface area (Å²) < 4.78 is 4.44. The van der Waals surface area contributed by atoms with Gasteiger partial charge in [-0.3, -0.25) is 0 Å². The Morgan fingerprint density at radius 1 is 1.44 bits per heavy atom. The molecule has 4 nitrogen and oxygen atoms in total. The van der Waals surface area contributed by atoms with Crippen molar-refractivity contribution in [2.45, 2.75) is 20.0 Å². The quantitative estimate of drug-likeness (QED) is 0.657. The molecule has 0 spiro atoms. The zero-order valence-corrected chi connectivity index (χ0v) is 10.6. The molecule has 88 valence electrons. The number of halogens is 2. The summed E-state index contributed by atoms with van der Waals surface area (Å²) >= 11 is 11.8. The fourth-order valence-corrected chi connectivity index (χ4v) is 1.89. The van der Waals surface area contributed by atoms with Gasteiger partial charge in [-0.1, -0.05) is 23.2 Å². The molecule has 0 aliphatic heterocycles. The van der Waals surface area contributed by atoms with Crippen LogP contribution in [0.4, 0.5) is 0 Å². The third kappa shape index (κ3) is 2.29. The van der Waals surface area contributed by atoms with Gasteiger partial charge in [0.15, 0.2) is 6.10 Å². The maximum atomic E-state index is 11.2. The van der Waals surface area contributed by atoms with Gasteiger partial charge in [-0.05, 0) is 13.8 Å². The van der Waals surface area contributed by atoms with Crippen molar-refractivity contribution in [1.29, 1.82) is 0 Å². The molecule has 16 heavy (non-hydrogen) atoms. The van der Waals surface area contributed by atoms with Crippen LogP contribution in [0.1, 0.15) is 22.9 Å². The van der Waals surface area contributed by atoms with Gasteiger partial charge in [0.2, 0.25) is 0 Å². The highest BCUT2D eigenvalue weighted by Crippen LogP contribution is 2.32. The molecule has 1 heterocycles. The van der Waals surface area contributed by atoms with E-state index in [9.17, 15) is 9.90 Å². The van der Waals surface area contributed by atoms with Gasteiger partial charge >= 0.3 is 5.97 Å². The number of esters is 1. The monoisotopic (exact) mass is 263 g/mol. The maximum absolute atomic E-state index is 11.2. The fourth-order valence-electron chi connectivity index (χ4n) is 1.29. The molecule has 1 aromatic heterocycles. The van der Waals surface area contributed by atoms with E-state index in [1.807, 2.05) is 0 Å². The van der Waals surface area contributed by atoms with Gasteiger partial charge in [0.05, 0.1) is 12.1 Å². The predicted octanol–water partition coefficient (Wildman–Crippen LogP) is 2.21. The third-order valence-corrected chi connectivity index (χ3v) is 3.08. The molecule has 0 radical (unpaired) electrons. The molecule has 1 rings (SSSR count). The fraction of sp³-hybridized carbons (Fsp3) is 0.400. The van der Waals surface area contributed by atoms with E-state index in [0.717, 1.165) is 0 Å². The Labute approximate surface area is 103 Å². The van der Waals surface area contributed by atoms with Crippen molar-refractivity contribution in [2.75, 3.05) is 7.11 Å². The molecule has 0 amide bonds. The van der Waals surface area contributed by atoms with Crippen LogP contribution in [0.5, 0.6) is 0 Å². The smallest absolute Gasteiger partial charge is 0.339 e. The van der Waals surface area contributed by atoms with Gasteiger partial charge in [-0.25, -0.2) is 9.78 Å². The molecule has 0 saturated heterocycles. The summed E-state index contributed by atoms with van der Waals surface area (Å²) in [6.45, 7) is 3.27. The predicted molar refractivity (Wildman–Crippen MR) is 60.7 cm³/mol. The molecule has 0 aromatic carbocycles. The zero-order chi connectivity index (χ0) is 12.5. The van der Waals surface area contributed by atoms with E-state index < -0.39 is 12.1 Å². The molecule has 1 atom stereocenters. The van der Waals surface area contributed by atoms with Crippen molar-refractivity contribution in [2.24, 2.45) is 0 Å². The number of carbonyl (C=O) groups excluding carboxylic acids is 1. The first-order chi connectivity index (χ1) is 7.40. The number of nitrogens with zero attached hydrogens (tertiary/aromatic N) is 1. The van der Waals surface area contributed by atoms with Crippen LogP contribution in [-0.2, 0) is 9.53 Å². The van der Waals surface area contributed by atoms with E-state index in [4.69, 9.17) is 23.2 Å². The number of rotatable bonds is 2. The molecule has 1 aromatic rings. The number of hydrogen-bond acceptors (Lipinski definition) is 4. The minimum atomic E-state index is -1.44. The van der Waals surface area contributed by atoms with Crippen LogP contribution >= 0.6 is 23.2 Å². The molecule has 1 unspecified atom stereocenters. The van der Waals surface area contributed by atoms with Crippen molar-refractivity contribution < 1.29 is 14.6 Å². The van der Waals surface area contributed by atoms with Gasteiger partial charge in [0.1, 0.15) is 5.15 Å². The summed E-state index contributed by atoms with van der Waals surface area (Å²) in [5.41, 5.74) is 1.15. The molecular weight excluding hydrogens is 253 g/mol. The molecule has 0 aliphatic rings. The van der Waals surface area contributed by atoms with Crippen LogP contribution in [0.3, 0.4) is 0 Å². The van der Waals surface area contributed by atoms with Crippen LogP contribution in [0.25, 0.3) is 0 Å². The summed E-state index contributed by atoms with van der Waals surface area (Å²) in [5, 5.41) is 10.2. The van der Waals surface area contributed by atoms with Gasteiger partial charge in [0.25, 0.3) is 0 Å². The van der Waals surface area contributed by atoms with E-state index in [1.54, 1.807) is 13.8 Å². The lowest BCUT2D eigenvalue weighted by Crippen LogP contribution is -2.16.